The van der Waals surface area contributed by atoms with Gasteiger partial charge in [-0.15, -0.1) is 0 Å². The molecule has 0 amide bonds. The number of unbranched alkanes of at least 4 members (excludes halogenated alkanes) is 2. The van der Waals surface area contributed by atoms with Gasteiger partial charge in [0.15, 0.2) is 0 Å². The van der Waals surface area contributed by atoms with Gasteiger partial charge in [0.25, 0.3) is 0 Å². The molecule has 0 bridgehead atoms. The molecular formula is C13H20O2. The summed E-state index contributed by atoms with van der Waals surface area (Å²) in [4.78, 5) is 0. The van der Waals surface area contributed by atoms with E-state index in [-0.39, 0.29) is 0 Å². The van der Waals surface area contributed by atoms with Crippen molar-refractivity contribution in [2.45, 2.75) is 40.0 Å². The van der Waals surface area contributed by atoms with Crippen LogP contribution in [-0.4, -0.2) is 11.7 Å². The molecule has 0 saturated heterocycles. The normalized spacial score (nSPS) is 10.3. The second kappa shape index (κ2) is 5.64. The van der Waals surface area contributed by atoms with E-state index in [1.807, 2.05) is 26.0 Å². The molecule has 1 rings (SSSR count). The van der Waals surface area contributed by atoms with Crippen LogP contribution < -0.4 is 4.74 Å². The molecular weight excluding hydrogens is 188 g/mol. The van der Waals surface area contributed by atoms with E-state index in [0.717, 1.165) is 29.9 Å². The second-order valence-corrected chi connectivity index (χ2v) is 3.91. The molecule has 0 aliphatic rings. The first-order valence-corrected chi connectivity index (χ1v) is 5.58. The van der Waals surface area contributed by atoms with Gasteiger partial charge in [-0.1, -0.05) is 25.8 Å². The van der Waals surface area contributed by atoms with Gasteiger partial charge in [0.05, 0.1) is 6.61 Å². The van der Waals surface area contributed by atoms with Gasteiger partial charge in [-0.05, 0) is 31.9 Å². The molecule has 1 aromatic carbocycles. The summed E-state index contributed by atoms with van der Waals surface area (Å²) >= 11 is 0. The fourth-order valence-corrected chi connectivity index (χ4v) is 1.51. The topological polar surface area (TPSA) is 29.5 Å². The maximum absolute atomic E-state index is 9.71. The summed E-state index contributed by atoms with van der Waals surface area (Å²) in [5, 5.41) is 9.71. The summed E-state index contributed by atoms with van der Waals surface area (Å²) in [6, 6.07) is 3.81. The van der Waals surface area contributed by atoms with E-state index in [4.69, 9.17) is 4.74 Å². The van der Waals surface area contributed by atoms with Gasteiger partial charge < -0.3 is 9.84 Å². The maximum Gasteiger partial charge on any atom is 0.125 e. The second-order valence-electron chi connectivity index (χ2n) is 3.91. The molecule has 0 fully saturated rings. The Morgan fingerprint density at radius 2 is 1.93 bits per heavy atom. The van der Waals surface area contributed by atoms with Crippen LogP contribution in [0.4, 0.5) is 0 Å². The highest BCUT2D eigenvalue weighted by Crippen LogP contribution is 2.29. The zero-order chi connectivity index (χ0) is 11.3. The Hall–Kier alpha value is -1.18. The number of phenols is 1. The van der Waals surface area contributed by atoms with Gasteiger partial charge in [0.2, 0.25) is 0 Å². The van der Waals surface area contributed by atoms with Crippen LogP contribution in [-0.2, 0) is 0 Å². The third-order valence-corrected chi connectivity index (χ3v) is 2.59. The van der Waals surface area contributed by atoms with Crippen LogP contribution in [0.15, 0.2) is 12.1 Å². The molecule has 84 valence electrons. The molecule has 2 heteroatoms. The predicted octanol–water partition coefficient (Wildman–Crippen LogP) is 3.58. The highest BCUT2D eigenvalue weighted by Gasteiger charge is 2.06. The standard InChI is InChI=1S/C13H20O2/c1-4-5-6-9-15-12-8-7-10(2)13(14)11(12)3/h7-8,14H,4-6,9H2,1-3H3. The molecule has 0 radical (unpaired) electrons. The van der Waals surface area contributed by atoms with E-state index < -0.39 is 0 Å². The third kappa shape index (κ3) is 3.15. The Labute approximate surface area is 91.9 Å². The Morgan fingerprint density at radius 3 is 2.60 bits per heavy atom. The van der Waals surface area contributed by atoms with E-state index in [9.17, 15) is 5.11 Å². The number of ether oxygens (including phenoxy) is 1. The van der Waals surface area contributed by atoms with Gasteiger partial charge >= 0.3 is 0 Å². The Morgan fingerprint density at radius 1 is 1.20 bits per heavy atom. The van der Waals surface area contributed by atoms with Gasteiger partial charge in [0, 0.05) is 5.56 Å². The average Bonchev–Trinajstić information content (AvgIpc) is 2.24. The average molecular weight is 208 g/mol. The van der Waals surface area contributed by atoms with Gasteiger partial charge in [-0.3, -0.25) is 0 Å². The van der Waals surface area contributed by atoms with Gasteiger partial charge in [-0.2, -0.15) is 0 Å². The summed E-state index contributed by atoms with van der Waals surface area (Å²) in [7, 11) is 0. The van der Waals surface area contributed by atoms with Crippen LogP contribution in [0.5, 0.6) is 11.5 Å². The third-order valence-electron chi connectivity index (χ3n) is 2.59. The molecule has 0 aliphatic heterocycles. The van der Waals surface area contributed by atoms with Crippen molar-refractivity contribution in [1.82, 2.24) is 0 Å². The van der Waals surface area contributed by atoms with E-state index in [2.05, 4.69) is 6.92 Å². The quantitative estimate of drug-likeness (QED) is 0.749. The zero-order valence-electron chi connectivity index (χ0n) is 9.84. The number of aromatic hydroxyl groups is 1. The van der Waals surface area contributed by atoms with Crippen molar-refractivity contribution in [3.05, 3.63) is 23.3 Å². The monoisotopic (exact) mass is 208 g/mol. The summed E-state index contributed by atoms with van der Waals surface area (Å²) in [6.07, 6.45) is 3.46. The lowest BCUT2D eigenvalue weighted by atomic mass is 10.1. The molecule has 0 atom stereocenters. The van der Waals surface area contributed by atoms with Crippen molar-refractivity contribution >= 4 is 0 Å². The van der Waals surface area contributed by atoms with Crippen LogP contribution in [0.1, 0.15) is 37.3 Å². The summed E-state index contributed by atoms with van der Waals surface area (Å²) in [5.74, 6) is 1.15. The lowest BCUT2D eigenvalue weighted by Gasteiger charge is -2.11. The Balaban J connectivity index is 2.58. The maximum atomic E-state index is 9.71. The first-order valence-electron chi connectivity index (χ1n) is 5.58. The highest BCUT2D eigenvalue weighted by molar-refractivity contribution is 5.47. The minimum atomic E-state index is 0.350. The SMILES string of the molecule is CCCCCOc1ccc(C)c(O)c1C. The smallest absolute Gasteiger partial charge is 0.125 e. The first-order chi connectivity index (χ1) is 7.16. The number of hydrogen-bond acceptors (Lipinski definition) is 2. The lowest BCUT2D eigenvalue weighted by molar-refractivity contribution is 0.302. The minimum absolute atomic E-state index is 0.350. The van der Waals surface area contributed by atoms with Crippen LogP contribution in [0.3, 0.4) is 0 Å². The molecule has 15 heavy (non-hydrogen) atoms. The van der Waals surface area contributed by atoms with E-state index in [1.165, 1.54) is 12.8 Å². The van der Waals surface area contributed by atoms with Crippen LogP contribution in [0, 0.1) is 13.8 Å². The molecule has 1 N–H and O–H groups in total. The molecule has 0 heterocycles. The van der Waals surface area contributed by atoms with Crippen molar-refractivity contribution < 1.29 is 9.84 Å². The summed E-state index contributed by atoms with van der Waals surface area (Å²) in [5.41, 5.74) is 1.74. The summed E-state index contributed by atoms with van der Waals surface area (Å²) < 4.78 is 5.61. The fraction of sp³-hybridized carbons (Fsp3) is 0.538. The molecule has 0 saturated carbocycles. The highest BCUT2D eigenvalue weighted by atomic mass is 16.5. The first kappa shape index (κ1) is 11.9. The molecule has 0 aromatic heterocycles. The van der Waals surface area contributed by atoms with Gasteiger partial charge in [-0.25, -0.2) is 0 Å². The Bertz CT molecular complexity index is 319. The van der Waals surface area contributed by atoms with E-state index in [1.54, 1.807) is 0 Å². The van der Waals surface area contributed by atoms with E-state index >= 15 is 0 Å². The number of rotatable bonds is 5. The van der Waals surface area contributed by atoms with Crippen molar-refractivity contribution in [3.8, 4) is 11.5 Å². The van der Waals surface area contributed by atoms with Crippen molar-refractivity contribution in [2.24, 2.45) is 0 Å². The van der Waals surface area contributed by atoms with Crippen molar-refractivity contribution in [1.29, 1.82) is 0 Å². The molecule has 2 nitrogen and oxygen atoms in total. The minimum Gasteiger partial charge on any atom is -0.507 e. The zero-order valence-corrected chi connectivity index (χ0v) is 9.84. The largest absolute Gasteiger partial charge is 0.507 e. The predicted molar refractivity (Wildman–Crippen MR) is 62.6 cm³/mol. The number of hydrogen-bond donors (Lipinski definition) is 1. The number of benzene rings is 1. The molecule has 0 spiro atoms. The van der Waals surface area contributed by atoms with Crippen molar-refractivity contribution in [2.75, 3.05) is 6.61 Å². The Kier molecular flexibility index (Phi) is 4.47. The lowest BCUT2D eigenvalue weighted by Crippen LogP contribution is -1.99. The number of phenolic OH excluding ortho intramolecular Hbond substituents is 1. The molecule has 0 aliphatic carbocycles. The van der Waals surface area contributed by atoms with Crippen LogP contribution >= 0.6 is 0 Å². The van der Waals surface area contributed by atoms with Crippen LogP contribution in [0.2, 0.25) is 0 Å². The fourth-order valence-electron chi connectivity index (χ4n) is 1.51. The molecule has 0 unspecified atom stereocenters. The van der Waals surface area contributed by atoms with Gasteiger partial charge in [0.1, 0.15) is 11.5 Å². The van der Waals surface area contributed by atoms with Crippen LogP contribution in [0.25, 0.3) is 0 Å². The summed E-state index contributed by atoms with van der Waals surface area (Å²) in [6.45, 7) is 6.68. The molecule has 1 aromatic rings. The number of aryl methyl sites for hydroxylation is 1. The van der Waals surface area contributed by atoms with E-state index in [0.29, 0.717) is 5.75 Å². The van der Waals surface area contributed by atoms with Crippen molar-refractivity contribution in [3.63, 3.8) is 0 Å².